The second-order valence-electron chi connectivity index (χ2n) is 10.6. The van der Waals surface area contributed by atoms with Crippen LogP contribution in [0.15, 0.2) is 103 Å². The minimum absolute atomic E-state index is 0.0730. The van der Waals surface area contributed by atoms with Crippen LogP contribution < -0.4 is 4.74 Å². The maximum atomic E-state index is 14.1. The Labute approximate surface area is 239 Å². The maximum Gasteiger partial charge on any atom is 0.170 e. The smallest absolute Gasteiger partial charge is 0.170 e. The number of allylic oxidation sites excluding steroid dienone is 3. The van der Waals surface area contributed by atoms with Crippen LogP contribution in [0.25, 0.3) is 11.6 Å². The van der Waals surface area contributed by atoms with Crippen LogP contribution in [0, 0.1) is 11.7 Å². The van der Waals surface area contributed by atoms with E-state index >= 15 is 0 Å². The number of carbonyl (C=O) groups is 1. The standard InChI is InChI=1S/C36H30ClFO2/c1-40-35-11-5-10-31(32(35)17-12-23-18-25-6-2-3-7-26(25)19-23)33-21-28(24-13-15-29(37)16-14-24)22-34(33)36(39)27-8-4-9-30(38)20-27/h2-11,13-16,18,20,22,33-34H,12,17,19,21H2,1H3. The summed E-state index contributed by atoms with van der Waals surface area (Å²) >= 11 is 6.16. The number of Topliss-reactive ketones (excluding diaryl/α,β-unsaturated/α-hetero) is 1. The highest BCUT2D eigenvalue weighted by molar-refractivity contribution is 6.30. The lowest BCUT2D eigenvalue weighted by atomic mass is 9.80. The van der Waals surface area contributed by atoms with E-state index in [9.17, 15) is 9.18 Å². The molecule has 200 valence electrons. The fourth-order valence-electron chi connectivity index (χ4n) is 6.23. The van der Waals surface area contributed by atoms with E-state index in [0.717, 1.165) is 47.3 Å². The van der Waals surface area contributed by atoms with Gasteiger partial charge in [-0.2, -0.15) is 0 Å². The molecule has 2 unspecified atom stereocenters. The highest BCUT2D eigenvalue weighted by Crippen LogP contribution is 2.47. The molecule has 0 saturated carbocycles. The Balaban J connectivity index is 1.36. The molecular weight excluding hydrogens is 519 g/mol. The quantitative estimate of drug-likeness (QED) is 0.205. The molecule has 0 amide bonds. The van der Waals surface area contributed by atoms with Gasteiger partial charge in [0.1, 0.15) is 11.6 Å². The van der Waals surface area contributed by atoms with Gasteiger partial charge >= 0.3 is 0 Å². The van der Waals surface area contributed by atoms with Crippen LogP contribution in [0.3, 0.4) is 0 Å². The van der Waals surface area contributed by atoms with E-state index in [1.165, 1.54) is 28.8 Å². The van der Waals surface area contributed by atoms with Crippen molar-refractivity contribution in [1.29, 1.82) is 0 Å². The summed E-state index contributed by atoms with van der Waals surface area (Å²) in [5.74, 6) is -0.161. The average molecular weight is 549 g/mol. The van der Waals surface area contributed by atoms with Gasteiger partial charge in [0.2, 0.25) is 0 Å². The van der Waals surface area contributed by atoms with E-state index in [0.29, 0.717) is 17.0 Å². The molecule has 0 radical (unpaired) electrons. The molecule has 2 nitrogen and oxygen atoms in total. The lowest BCUT2D eigenvalue weighted by Gasteiger charge is -2.24. The van der Waals surface area contributed by atoms with Crippen LogP contribution in [0.5, 0.6) is 5.75 Å². The van der Waals surface area contributed by atoms with Crippen LogP contribution in [-0.2, 0) is 12.8 Å². The van der Waals surface area contributed by atoms with Crippen molar-refractivity contribution in [3.63, 3.8) is 0 Å². The first-order valence-corrected chi connectivity index (χ1v) is 14.1. The first kappa shape index (κ1) is 26.3. The Hall–Kier alpha value is -3.95. The Morgan fingerprint density at radius 1 is 0.950 bits per heavy atom. The summed E-state index contributed by atoms with van der Waals surface area (Å²) in [5, 5.41) is 0.671. The summed E-state index contributed by atoms with van der Waals surface area (Å²) in [6.45, 7) is 0. The summed E-state index contributed by atoms with van der Waals surface area (Å²) in [6.07, 6.45) is 7.76. The summed E-state index contributed by atoms with van der Waals surface area (Å²) in [6, 6.07) is 28.4. The molecular formula is C36H30ClFO2. The zero-order valence-electron chi connectivity index (χ0n) is 22.4. The van der Waals surface area contributed by atoms with Gasteiger partial charge in [-0.3, -0.25) is 4.79 Å². The number of carbonyl (C=O) groups excluding carboxylic acids is 1. The monoisotopic (exact) mass is 548 g/mol. The van der Waals surface area contributed by atoms with Crippen molar-refractivity contribution in [2.75, 3.05) is 7.11 Å². The number of ether oxygens (including phenoxy) is 1. The molecule has 6 rings (SSSR count). The minimum atomic E-state index is -0.423. The number of methoxy groups -OCH3 is 1. The second-order valence-corrected chi connectivity index (χ2v) is 11.1. The topological polar surface area (TPSA) is 26.3 Å². The molecule has 0 saturated heterocycles. The predicted molar refractivity (Wildman–Crippen MR) is 160 cm³/mol. The van der Waals surface area contributed by atoms with Crippen LogP contribution in [-0.4, -0.2) is 12.9 Å². The fourth-order valence-corrected chi connectivity index (χ4v) is 6.35. The molecule has 4 aromatic rings. The van der Waals surface area contributed by atoms with Crippen molar-refractivity contribution in [3.05, 3.63) is 147 Å². The fraction of sp³-hybridized carbons (Fsp3) is 0.194. The number of fused-ring (bicyclic) bond motifs is 1. The molecule has 0 aliphatic heterocycles. The molecule has 0 heterocycles. The van der Waals surface area contributed by atoms with Crippen molar-refractivity contribution in [2.45, 2.75) is 31.6 Å². The van der Waals surface area contributed by atoms with Gasteiger partial charge < -0.3 is 4.74 Å². The summed E-state index contributed by atoms with van der Waals surface area (Å²) in [7, 11) is 1.70. The van der Waals surface area contributed by atoms with Gasteiger partial charge in [-0.15, -0.1) is 0 Å². The third-order valence-electron chi connectivity index (χ3n) is 8.20. The highest BCUT2D eigenvalue weighted by atomic mass is 35.5. The zero-order valence-corrected chi connectivity index (χ0v) is 23.1. The van der Waals surface area contributed by atoms with Crippen molar-refractivity contribution < 1.29 is 13.9 Å². The first-order chi connectivity index (χ1) is 19.5. The molecule has 4 heteroatoms. The van der Waals surface area contributed by atoms with Gasteiger partial charge in [-0.05, 0) is 89.4 Å². The molecule has 0 bridgehead atoms. The zero-order chi connectivity index (χ0) is 27.6. The van der Waals surface area contributed by atoms with Gasteiger partial charge in [0.25, 0.3) is 0 Å². The van der Waals surface area contributed by atoms with Gasteiger partial charge in [0.15, 0.2) is 5.78 Å². The number of hydrogen-bond acceptors (Lipinski definition) is 2. The number of hydrogen-bond donors (Lipinski definition) is 0. The summed E-state index contributed by atoms with van der Waals surface area (Å²) < 4.78 is 20.0. The van der Waals surface area contributed by atoms with Crippen molar-refractivity contribution in [3.8, 4) is 5.75 Å². The van der Waals surface area contributed by atoms with Gasteiger partial charge in [0, 0.05) is 22.4 Å². The Morgan fingerprint density at radius 2 is 1.75 bits per heavy atom. The SMILES string of the molecule is COc1cccc(C2CC(c3ccc(Cl)cc3)=CC2C(=O)c2cccc(F)c2)c1CCC1=Cc2ccccc2C1. The molecule has 0 N–H and O–H groups in total. The Kier molecular flexibility index (Phi) is 7.40. The van der Waals surface area contributed by atoms with Crippen LogP contribution >= 0.6 is 11.6 Å². The minimum Gasteiger partial charge on any atom is -0.496 e. The number of rotatable bonds is 8. The Morgan fingerprint density at radius 3 is 2.52 bits per heavy atom. The highest BCUT2D eigenvalue weighted by Gasteiger charge is 2.36. The molecule has 0 fully saturated rings. The number of halogens is 2. The average Bonchev–Trinajstić information content (AvgIpc) is 3.60. The van der Waals surface area contributed by atoms with E-state index < -0.39 is 11.7 Å². The molecule has 2 atom stereocenters. The lowest BCUT2D eigenvalue weighted by Crippen LogP contribution is -2.19. The first-order valence-electron chi connectivity index (χ1n) is 13.7. The third-order valence-corrected chi connectivity index (χ3v) is 8.45. The van der Waals surface area contributed by atoms with Gasteiger partial charge in [0.05, 0.1) is 7.11 Å². The maximum absolute atomic E-state index is 14.1. The van der Waals surface area contributed by atoms with Crippen LogP contribution in [0.4, 0.5) is 4.39 Å². The third kappa shape index (κ3) is 5.26. The molecule has 0 aromatic heterocycles. The molecule has 0 spiro atoms. The van der Waals surface area contributed by atoms with E-state index in [1.807, 2.05) is 36.4 Å². The number of benzene rings is 4. The second kappa shape index (κ2) is 11.3. The van der Waals surface area contributed by atoms with Gasteiger partial charge in [-0.25, -0.2) is 4.39 Å². The molecule has 2 aliphatic rings. The summed E-state index contributed by atoms with van der Waals surface area (Å²) in [4.78, 5) is 13.9. The van der Waals surface area contributed by atoms with Gasteiger partial charge in [-0.1, -0.05) is 90.0 Å². The molecule has 2 aliphatic carbocycles. The predicted octanol–water partition coefficient (Wildman–Crippen LogP) is 9.13. The van der Waals surface area contributed by atoms with Crippen molar-refractivity contribution >= 4 is 29.0 Å². The van der Waals surface area contributed by atoms with E-state index in [1.54, 1.807) is 19.2 Å². The molecule has 40 heavy (non-hydrogen) atoms. The van der Waals surface area contributed by atoms with Crippen molar-refractivity contribution in [2.24, 2.45) is 5.92 Å². The van der Waals surface area contributed by atoms with Crippen molar-refractivity contribution in [1.82, 2.24) is 0 Å². The van der Waals surface area contributed by atoms with Crippen LogP contribution in [0.1, 0.15) is 56.9 Å². The number of ketones is 1. The van der Waals surface area contributed by atoms with E-state index in [4.69, 9.17) is 16.3 Å². The Bertz CT molecular complexity index is 1630. The molecule has 4 aromatic carbocycles. The largest absolute Gasteiger partial charge is 0.496 e. The van der Waals surface area contributed by atoms with E-state index in [-0.39, 0.29) is 11.7 Å². The van der Waals surface area contributed by atoms with Crippen LogP contribution in [0.2, 0.25) is 5.02 Å². The van der Waals surface area contributed by atoms with E-state index in [2.05, 4.69) is 42.5 Å². The summed E-state index contributed by atoms with van der Waals surface area (Å²) in [5.41, 5.74) is 8.84. The normalized spacial score (nSPS) is 17.8. The lowest BCUT2D eigenvalue weighted by molar-refractivity contribution is 0.0934.